The van der Waals surface area contributed by atoms with Gasteiger partial charge in [-0.25, -0.2) is 0 Å². The van der Waals surface area contributed by atoms with E-state index in [9.17, 15) is 0 Å². The van der Waals surface area contributed by atoms with Crippen LogP contribution in [0, 0.1) is 6.92 Å². The number of benzene rings is 2. The summed E-state index contributed by atoms with van der Waals surface area (Å²) in [6.07, 6.45) is 0. The third kappa shape index (κ3) is 2.94. The molecule has 2 rings (SSSR count). The van der Waals surface area contributed by atoms with Crippen LogP contribution in [0.15, 0.2) is 36.4 Å². The SMILES string of the molecule is COc1ccc(C(Br)c2cccc(C)c2)c(OC)c1Cl. The minimum absolute atomic E-state index is 0.0146. The van der Waals surface area contributed by atoms with Crippen molar-refractivity contribution in [3.8, 4) is 11.5 Å². The van der Waals surface area contributed by atoms with Crippen molar-refractivity contribution in [1.29, 1.82) is 0 Å². The van der Waals surface area contributed by atoms with E-state index in [1.165, 1.54) is 5.56 Å². The Labute approximate surface area is 132 Å². The molecular formula is C16H16BrClO2. The average Bonchev–Trinajstić information content (AvgIpc) is 2.46. The maximum absolute atomic E-state index is 6.31. The minimum atomic E-state index is 0.0146. The van der Waals surface area contributed by atoms with E-state index in [0.717, 1.165) is 11.1 Å². The molecule has 0 amide bonds. The lowest BCUT2D eigenvalue weighted by Crippen LogP contribution is -1.99. The van der Waals surface area contributed by atoms with Crippen LogP contribution in [-0.4, -0.2) is 14.2 Å². The number of aryl methyl sites for hydroxylation is 1. The maximum atomic E-state index is 6.31. The van der Waals surface area contributed by atoms with Gasteiger partial charge in [0.15, 0.2) is 0 Å². The molecule has 106 valence electrons. The van der Waals surface area contributed by atoms with Crippen molar-refractivity contribution in [3.63, 3.8) is 0 Å². The summed E-state index contributed by atoms with van der Waals surface area (Å²) in [4.78, 5) is 0.0146. The molecule has 20 heavy (non-hydrogen) atoms. The lowest BCUT2D eigenvalue weighted by Gasteiger charge is -2.17. The van der Waals surface area contributed by atoms with Crippen LogP contribution in [0.4, 0.5) is 0 Å². The largest absolute Gasteiger partial charge is 0.495 e. The van der Waals surface area contributed by atoms with Crippen molar-refractivity contribution in [1.82, 2.24) is 0 Å². The number of halogens is 2. The zero-order valence-electron chi connectivity index (χ0n) is 11.6. The Morgan fingerprint density at radius 2 is 1.85 bits per heavy atom. The molecule has 0 radical (unpaired) electrons. The first kappa shape index (κ1) is 15.2. The first-order valence-electron chi connectivity index (χ1n) is 6.19. The Morgan fingerprint density at radius 3 is 2.45 bits per heavy atom. The molecule has 2 aromatic carbocycles. The van der Waals surface area contributed by atoms with E-state index >= 15 is 0 Å². The van der Waals surface area contributed by atoms with Crippen LogP contribution in [0.1, 0.15) is 21.5 Å². The van der Waals surface area contributed by atoms with Crippen molar-refractivity contribution in [2.75, 3.05) is 14.2 Å². The molecule has 1 unspecified atom stereocenters. The Morgan fingerprint density at radius 1 is 1.10 bits per heavy atom. The van der Waals surface area contributed by atoms with E-state index in [-0.39, 0.29) is 4.83 Å². The Kier molecular flexibility index (Phi) is 4.95. The fraction of sp³-hybridized carbons (Fsp3) is 0.250. The molecule has 0 aliphatic heterocycles. The summed E-state index contributed by atoms with van der Waals surface area (Å²) in [5, 5.41) is 0.490. The molecule has 1 atom stereocenters. The molecule has 0 aliphatic carbocycles. The first-order chi connectivity index (χ1) is 9.58. The Hall–Kier alpha value is -1.19. The van der Waals surface area contributed by atoms with Crippen LogP contribution in [0.25, 0.3) is 0 Å². The summed E-state index contributed by atoms with van der Waals surface area (Å²) >= 11 is 10.0. The van der Waals surface area contributed by atoms with Crippen LogP contribution in [0.3, 0.4) is 0 Å². The molecule has 0 heterocycles. The van der Waals surface area contributed by atoms with Gasteiger partial charge in [0.05, 0.1) is 19.0 Å². The highest BCUT2D eigenvalue weighted by Gasteiger charge is 2.20. The first-order valence-corrected chi connectivity index (χ1v) is 7.48. The average molecular weight is 356 g/mol. The predicted octanol–water partition coefficient (Wildman–Crippen LogP) is 5.15. The third-order valence-electron chi connectivity index (χ3n) is 3.12. The monoisotopic (exact) mass is 354 g/mol. The van der Waals surface area contributed by atoms with Gasteiger partial charge in [-0.05, 0) is 18.6 Å². The molecule has 2 nitrogen and oxygen atoms in total. The number of ether oxygens (including phenoxy) is 2. The fourth-order valence-corrected chi connectivity index (χ4v) is 3.10. The highest BCUT2D eigenvalue weighted by atomic mass is 79.9. The van der Waals surface area contributed by atoms with Crippen molar-refractivity contribution in [2.45, 2.75) is 11.8 Å². The number of methoxy groups -OCH3 is 2. The molecule has 0 aliphatic rings. The van der Waals surface area contributed by atoms with Crippen LogP contribution in [-0.2, 0) is 0 Å². The van der Waals surface area contributed by atoms with Crippen molar-refractivity contribution >= 4 is 27.5 Å². The molecule has 0 saturated heterocycles. The van der Waals surface area contributed by atoms with Gasteiger partial charge in [-0.3, -0.25) is 0 Å². The predicted molar refractivity (Wildman–Crippen MR) is 86.5 cm³/mol. The van der Waals surface area contributed by atoms with E-state index in [0.29, 0.717) is 16.5 Å². The summed E-state index contributed by atoms with van der Waals surface area (Å²) in [6, 6.07) is 12.1. The van der Waals surface area contributed by atoms with Crippen molar-refractivity contribution < 1.29 is 9.47 Å². The topological polar surface area (TPSA) is 18.5 Å². The van der Waals surface area contributed by atoms with E-state index < -0.39 is 0 Å². The van der Waals surface area contributed by atoms with Gasteiger partial charge in [-0.15, -0.1) is 0 Å². The standard InChI is InChI=1S/C16H16BrClO2/c1-10-5-4-6-11(9-10)14(17)12-7-8-13(19-2)15(18)16(12)20-3/h4-9,14H,1-3H3. The Bertz CT molecular complexity index is 613. The smallest absolute Gasteiger partial charge is 0.145 e. The lowest BCUT2D eigenvalue weighted by molar-refractivity contribution is 0.392. The van der Waals surface area contributed by atoms with Gasteiger partial charge < -0.3 is 9.47 Å². The van der Waals surface area contributed by atoms with Crippen LogP contribution in [0.5, 0.6) is 11.5 Å². The van der Waals surface area contributed by atoms with E-state index in [1.54, 1.807) is 14.2 Å². The number of alkyl halides is 1. The van der Waals surface area contributed by atoms with Gasteiger partial charge in [0.25, 0.3) is 0 Å². The molecule has 2 aromatic rings. The van der Waals surface area contributed by atoms with Crippen LogP contribution in [0.2, 0.25) is 5.02 Å². The fourth-order valence-electron chi connectivity index (χ4n) is 2.12. The zero-order valence-corrected chi connectivity index (χ0v) is 14.0. The van der Waals surface area contributed by atoms with Gasteiger partial charge in [0.1, 0.15) is 16.5 Å². The summed E-state index contributed by atoms with van der Waals surface area (Å²) in [6.45, 7) is 2.07. The lowest BCUT2D eigenvalue weighted by atomic mass is 10.0. The van der Waals surface area contributed by atoms with E-state index in [2.05, 4.69) is 41.1 Å². The molecule has 0 aromatic heterocycles. The molecule has 0 fully saturated rings. The normalized spacial score (nSPS) is 12.1. The summed E-state index contributed by atoms with van der Waals surface area (Å²) in [7, 11) is 3.20. The molecule has 4 heteroatoms. The summed E-state index contributed by atoms with van der Waals surface area (Å²) in [5.74, 6) is 1.24. The number of hydrogen-bond acceptors (Lipinski definition) is 2. The third-order valence-corrected chi connectivity index (χ3v) is 4.50. The van der Waals surface area contributed by atoms with Gasteiger partial charge in [-0.1, -0.05) is 63.4 Å². The second kappa shape index (κ2) is 6.51. The van der Waals surface area contributed by atoms with Gasteiger partial charge in [-0.2, -0.15) is 0 Å². The highest BCUT2D eigenvalue weighted by molar-refractivity contribution is 9.09. The van der Waals surface area contributed by atoms with E-state index in [4.69, 9.17) is 21.1 Å². The molecule has 0 bridgehead atoms. The van der Waals surface area contributed by atoms with Gasteiger partial charge in [0.2, 0.25) is 0 Å². The molecule has 0 N–H and O–H groups in total. The molecule has 0 spiro atoms. The maximum Gasteiger partial charge on any atom is 0.145 e. The molecular weight excluding hydrogens is 340 g/mol. The van der Waals surface area contributed by atoms with Crippen molar-refractivity contribution in [2.24, 2.45) is 0 Å². The van der Waals surface area contributed by atoms with Crippen LogP contribution < -0.4 is 9.47 Å². The molecule has 0 saturated carbocycles. The second-order valence-corrected chi connectivity index (χ2v) is 5.77. The summed E-state index contributed by atoms with van der Waals surface area (Å²) in [5.41, 5.74) is 3.35. The van der Waals surface area contributed by atoms with Crippen LogP contribution >= 0.6 is 27.5 Å². The zero-order chi connectivity index (χ0) is 14.7. The van der Waals surface area contributed by atoms with Gasteiger partial charge in [0, 0.05) is 5.56 Å². The highest BCUT2D eigenvalue weighted by Crippen LogP contribution is 2.44. The summed E-state index contributed by atoms with van der Waals surface area (Å²) < 4.78 is 10.7. The second-order valence-electron chi connectivity index (χ2n) is 4.48. The number of hydrogen-bond donors (Lipinski definition) is 0. The Balaban J connectivity index is 2.49. The quantitative estimate of drug-likeness (QED) is 0.706. The minimum Gasteiger partial charge on any atom is -0.495 e. The van der Waals surface area contributed by atoms with E-state index in [1.807, 2.05) is 18.2 Å². The van der Waals surface area contributed by atoms with Gasteiger partial charge >= 0.3 is 0 Å². The van der Waals surface area contributed by atoms with Crippen molar-refractivity contribution in [3.05, 3.63) is 58.1 Å². The number of rotatable bonds is 4.